The third-order valence-corrected chi connectivity index (χ3v) is 4.72. The van der Waals surface area contributed by atoms with Crippen LogP contribution in [0.2, 0.25) is 0 Å². The van der Waals surface area contributed by atoms with E-state index in [9.17, 15) is 9.59 Å². The summed E-state index contributed by atoms with van der Waals surface area (Å²) in [4.78, 5) is 35.1. The summed E-state index contributed by atoms with van der Waals surface area (Å²) < 4.78 is 0. The summed E-state index contributed by atoms with van der Waals surface area (Å²) in [6.45, 7) is 2.58. The van der Waals surface area contributed by atoms with Crippen LogP contribution in [0.1, 0.15) is 38.9 Å². The van der Waals surface area contributed by atoms with Gasteiger partial charge in [-0.3, -0.25) is 19.6 Å². The van der Waals surface area contributed by atoms with Crippen molar-refractivity contribution in [3.63, 3.8) is 0 Å². The Kier molecular flexibility index (Phi) is 6.68. The summed E-state index contributed by atoms with van der Waals surface area (Å²) in [6, 6.07) is 14.7. The van der Waals surface area contributed by atoms with Gasteiger partial charge in [-0.25, -0.2) is 0 Å². The number of carbonyl (C=O) groups excluding carboxylic acids is 2. The van der Waals surface area contributed by atoms with Crippen LogP contribution in [0.25, 0.3) is 0 Å². The second-order valence-corrected chi connectivity index (χ2v) is 6.73. The van der Waals surface area contributed by atoms with Crippen LogP contribution in [0.5, 0.6) is 0 Å². The molecule has 2 aromatic heterocycles. The second kappa shape index (κ2) is 9.59. The number of aryl methyl sites for hydroxylation is 1. The van der Waals surface area contributed by atoms with Gasteiger partial charge in [0.05, 0.1) is 0 Å². The first-order valence-corrected chi connectivity index (χ1v) is 9.58. The smallest absolute Gasteiger partial charge is 0.272 e. The van der Waals surface area contributed by atoms with Crippen LogP contribution in [0.3, 0.4) is 0 Å². The normalized spacial score (nSPS) is 10.4. The van der Waals surface area contributed by atoms with E-state index in [0.29, 0.717) is 12.1 Å². The Morgan fingerprint density at radius 1 is 1.03 bits per heavy atom. The average Bonchev–Trinajstić information content (AvgIpc) is 2.78. The van der Waals surface area contributed by atoms with Crippen molar-refractivity contribution in [2.24, 2.45) is 0 Å². The molecule has 0 aliphatic heterocycles. The van der Waals surface area contributed by atoms with Crippen molar-refractivity contribution >= 4 is 17.5 Å². The molecule has 0 unspecified atom stereocenters. The number of carbonyl (C=O) groups is 2. The molecule has 0 atom stereocenters. The van der Waals surface area contributed by atoms with Crippen LogP contribution in [-0.4, -0.2) is 40.3 Å². The number of nitrogens with zero attached hydrogens (tertiary/aromatic N) is 3. The van der Waals surface area contributed by atoms with Gasteiger partial charge in [0.25, 0.3) is 11.8 Å². The van der Waals surface area contributed by atoms with Crippen LogP contribution in [0.15, 0.2) is 67.1 Å². The molecule has 6 heteroatoms. The second-order valence-electron chi connectivity index (χ2n) is 6.73. The molecule has 148 valence electrons. The Hall–Kier alpha value is -3.54. The van der Waals surface area contributed by atoms with E-state index in [2.05, 4.69) is 15.3 Å². The molecule has 0 aliphatic carbocycles. The lowest BCUT2D eigenvalue weighted by Gasteiger charge is -2.17. The molecule has 29 heavy (non-hydrogen) atoms. The Labute approximate surface area is 170 Å². The largest absolute Gasteiger partial charge is 0.340 e. The van der Waals surface area contributed by atoms with Crippen LogP contribution in [0, 0.1) is 0 Å². The highest BCUT2D eigenvalue weighted by molar-refractivity contribution is 6.06. The van der Waals surface area contributed by atoms with Crippen molar-refractivity contribution in [3.05, 3.63) is 89.5 Å². The van der Waals surface area contributed by atoms with Gasteiger partial charge >= 0.3 is 0 Å². The van der Waals surface area contributed by atoms with E-state index in [1.165, 1.54) is 12.3 Å². The van der Waals surface area contributed by atoms with E-state index >= 15 is 0 Å². The summed E-state index contributed by atoms with van der Waals surface area (Å²) >= 11 is 0. The summed E-state index contributed by atoms with van der Waals surface area (Å²) in [6.07, 6.45) is 6.50. The first-order chi connectivity index (χ1) is 14.1. The number of hydrogen-bond donors (Lipinski definition) is 1. The fraction of sp³-hybridized carbons (Fsp3) is 0.217. The van der Waals surface area contributed by atoms with Gasteiger partial charge in [-0.15, -0.1) is 0 Å². The van der Waals surface area contributed by atoms with Crippen LogP contribution in [-0.2, 0) is 12.8 Å². The predicted octanol–water partition coefficient (Wildman–Crippen LogP) is 3.61. The van der Waals surface area contributed by atoms with E-state index in [-0.39, 0.29) is 17.5 Å². The standard InChI is InChI=1S/C23H24N4O2/c1-3-18-6-4-5-7-20(18)26-22(28)19-10-14-25-21(16-19)23(29)27(2)15-11-17-8-12-24-13-9-17/h4-10,12-14,16H,3,11,15H2,1-2H3,(H,26,28). The number of benzene rings is 1. The molecule has 0 fully saturated rings. The molecular formula is C23H24N4O2. The maximum atomic E-state index is 12.7. The topological polar surface area (TPSA) is 75.2 Å². The number of para-hydroxylation sites is 1. The minimum absolute atomic E-state index is 0.220. The third kappa shape index (κ3) is 5.25. The van der Waals surface area contributed by atoms with Gasteiger partial charge in [0.15, 0.2) is 0 Å². The molecule has 0 radical (unpaired) electrons. The number of pyridine rings is 2. The minimum atomic E-state index is -0.262. The quantitative estimate of drug-likeness (QED) is 0.671. The van der Waals surface area contributed by atoms with Crippen molar-refractivity contribution in [1.82, 2.24) is 14.9 Å². The molecule has 1 N–H and O–H groups in total. The summed E-state index contributed by atoms with van der Waals surface area (Å²) in [5.74, 6) is -0.482. The van der Waals surface area contributed by atoms with E-state index in [1.807, 2.05) is 43.3 Å². The van der Waals surface area contributed by atoms with Crippen molar-refractivity contribution in [2.75, 3.05) is 18.9 Å². The van der Waals surface area contributed by atoms with Crippen LogP contribution < -0.4 is 5.32 Å². The number of hydrogen-bond acceptors (Lipinski definition) is 4. The van der Waals surface area contributed by atoms with Crippen molar-refractivity contribution in [2.45, 2.75) is 19.8 Å². The molecule has 3 aromatic rings. The minimum Gasteiger partial charge on any atom is -0.340 e. The van der Waals surface area contributed by atoms with Gasteiger partial charge in [-0.05, 0) is 54.3 Å². The molecule has 0 saturated carbocycles. The third-order valence-electron chi connectivity index (χ3n) is 4.72. The van der Waals surface area contributed by atoms with E-state index < -0.39 is 0 Å². The highest BCUT2D eigenvalue weighted by Gasteiger charge is 2.16. The molecule has 0 aliphatic rings. The zero-order valence-corrected chi connectivity index (χ0v) is 16.6. The number of aromatic nitrogens is 2. The van der Waals surface area contributed by atoms with Gasteiger partial charge in [-0.2, -0.15) is 0 Å². The fourth-order valence-corrected chi connectivity index (χ4v) is 2.98. The van der Waals surface area contributed by atoms with Gasteiger partial charge in [0, 0.05) is 43.4 Å². The lowest BCUT2D eigenvalue weighted by Crippen LogP contribution is -2.29. The lowest BCUT2D eigenvalue weighted by atomic mass is 10.1. The Balaban J connectivity index is 1.67. The number of amides is 2. The SMILES string of the molecule is CCc1ccccc1NC(=O)c1ccnc(C(=O)N(C)CCc2ccncc2)c1. The molecule has 2 heterocycles. The molecular weight excluding hydrogens is 364 g/mol. The molecule has 6 nitrogen and oxygen atoms in total. The first kappa shape index (κ1) is 20.2. The summed E-state index contributed by atoms with van der Waals surface area (Å²) in [5.41, 5.74) is 3.59. The molecule has 0 bridgehead atoms. The first-order valence-electron chi connectivity index (χ1n) is 9.58. The number of likely N-dealkylation sites (N-methyl/N-ethyl adjacent to an activating group) is 1. The highest BCUT2D eigenvalue weighted by atomic mass is 16.2. The van der Waals surface area contributed by atoms with Crippen LogP contribution in [0.4, 0.5) is 5.69 Å². The Morgan fingerprint density at radius 3 is 2.55 bits per heavy atom. The molecule has 2 amide bonds. The summed E-state index contributed by atoms with van der Waals surface area (Å²) in [5, 5.41) is 2.92. The molecule has 3 rings (SSSR count). The maximum Gasteiger partial charge on any atom is 0.272 e. The highest BCUT2D eigenvalue weighted by Crippen LogP contribution is 2.17. The Morgan fingerprint density at radius 2 is 1.79 bits per heavy atom. The monoisotopic (exact) mass is 388 g/mol. The van der Waals surface area contributed by atoms with Gasteiger partial charge < -0.3 is 10.2 Å². The number of nitrogens with one attached hydrogen (secondary N) is 1. The van der Waals surface area contributed by atoms with Crippen molar-refractivity contribution in [1.29, 1.82) is 0 Å². The van der Waals surface area contributed by atoms with E-state index in [0.717, 1.165) is 29.7 Å². The fourth-order valence-electron chi connectivity index (χ4n) is 2.98. The maximum absolute atomic E-state index is 12.7. The zero-order valence-electron chi connectivity index (χ0n) is 16.6. The average molecular weight is 388 g/mol. The molecule has 1 aromatic carbocycles. The predicted molar refractivity (Wildman–Crippen MR) is 113 cm³/mol. The molecule has 0 spiro atoms. The lowest BCUT2D eigenvalue weighted by molar-refractivity contribution is 0.0791. The van der Waals surface area contributed by atoms with Gasteiger partial charge in [-0.1, -0.05) is 25.1 Å². The van der Waals surface area contributed by atoms with Crippen molar-refractivity contribution < 1.29 is 9.59 Å². The van der Waals surface area contributed by atoms with E-state index in [4.69, 9.17) is 0 Å². The number of rotatable bonds is 7. The van der Waals surface area contributed by atoms with Crippen LogP contribution >= 0.6 is 0 Å². The number of anilines is 1. The molecule has 0 saturated heterocycles. The summed E-state index contributed by atoms with van der Waals surface area (Å²) in [7, 11) is 1.73. The van der Waals surface area contributed by atoms with Gasteiger partial charge in [0.1, 0.15) is 5.69 Å². The Bertz CT molecular complexity index is 989. The van der Waals surface area contributed by atoms with E-state index in [1.54, 1.807) is 30.4 Å². The van der Waals surface area contributed by atoms with Gasteiger partial charge in [0.2, 0.25) is 0 Å². The zero-order chi connectivity index (χ0) is 20.6. The van der Waals surface area contributed by atoms with Crippen molar-refractivity contribution in [3.8, 4) is 0 Å².